The van der Waals surface area contributed by atoms with Crippen LogP contribution >= 0.6 is 38.5 Å². The van der Waals surface area contributed by atoms with Gasteiger partial charge in [0.25, 0.3) is 0 Å². The molecule has 0 saturated carbocycles. The summed E-state index contributed by atoms with van der Waals surface area (Å²) in [6, 6.07) is 11.8. The zero-order valence-corrected chi connectivity index (χ0v) is 13.6. The third kappa shape index (κ3) is 3.52. The largest absolute Gasteiger partial charge is 0.385 e. The topological polar surface area (TPSA) is 33.1 Å². The van der Waals surface area contributed by atoms with Gasteiger partial charge in [-0.2, -0.15) is 0 Å². The van der Waals surface area contributed by atoms with Crippen LogP contribution in [0, 0.1) is 3.57 Å². The number of aliphatic hydroxyl groups is 1. The second kappa shape index (κ2) is 5.67. The van der Waals surface area contributed by atoms with E-state index in [1.165, 1.54) is 0 Å². The van der Waals surface area contributed by atoms with Crippen molar-refractivity contribution in [3.63, 3.8) is 0 Å². The summed E-state index contributed by atoms with van der Waals surface area (Å²) in [5.74, 6) is 0. The molecule has 0 aliphatic carbocycles. The molecule has 1 heterocycles. The number of nitrogens with zero attached hydrogens (tertiary/aromatic N) is 1. The van der Waals surface area contributed by atoms with Gasteiger partial charge < -0.3 is 5.11 Å². The number of hydrogen-bond donors (Lipinski definition) is 1. The first-order valence-electron chi connectivity index (χ1n) is 5.56. The number of hydrogen-bond acceptors (Lipinski definition) is 2. The smallest absolute Gasteiger partial charge is 0.0923 e. The molecule has 0 radical (unpaired) electrons. The highest BCUT2D eigenvalue weighted by molar-refractivity contribution is 14.1. The Hall–Kier alpha value is -0.460. The minimum atomic E-state index is -0.898. The molecular formula is C14H13BrINO. The monoisotopic (exact) mass is 417 g/mol. The molecular weight excluding hydrogens is 405 g/mol. The van der Waals surface area contributed by atoms with Gasteiger partial charge in [-0.3, -0.25) is 4.98 Å². The van der Waals surface area contributed by atoms with Gasteiger partial charge in [-0.25, -0.2) is 0 Å². The lowest BCUT2D eigenvalue weighted by atomic mass is 9.91. The lowest BCUT2D eigenvalue weighted by Gasteiger charge is -2.23. The lowest BCUT2D eigenvalue weighted by Crippen LogP contribution is -2.24. The molecule has 0 bridgehead atoms. The predicted molar refractivity (Wildman–Crippen MR) is 84.4 cm³/mol. The summed E-state index contributed by atoms with van der Waals surface area (Å²) >= 11 is 5.60. The summed E-state index contributed by atoms with van der Waals surface area (Å²) in [7, 11) is 0. The zero-order chi connectivity index (χ0) is 13.2. The maximum atomic E-state index is 10.5. The minimum absolute atomic E-state index is 0.501. The molecule has 1 aromatic carbocycles. The van der Waals surface area contributed by atoms with Crippen LogP contribution in [-0.2, 0) is 12.0 Å². The van der Waals surface area contributed by atoms with E-state index in [9.17, 15) is 5.11 Å². The molecule has 1 aromatic heterocycles. The van der Waals surface area contributed by atoms with Gasteiger partial charge in [0.15, 0.2) is 0 Å². The maximum absolute atomic E-state index is 10.5. The van der Waals surface area contributed by atoms with Crippen molar-refractivity contribution >= 4 is 38.5 Å². The quantitative estimate of drug-likeness (QED) is 0.768. The van der Waals surface area contributed by atoms with Crippen LogP contribution in [0.5, 0.6) is 0 Å². The zero-order valence-electron chi connectivity index (χ0n) is 9.90. The van der Waals surface area contributed by atoms with E-state index in [1.807, 2.05) is 43.3 Å². The van der Waals surface area contributed by atoms with E-state index in [-0.39, 0.29) is 0 Å². The van der Waals surface area contributed by atoms with Crippen LogP contribution in [0.1, 0.15) is 18.2 Å². The molecule has 1 unspecified atom stereocenters. The van der Waals surface area contributed by atoms with Gasteiger partial charge in [0.05, 0.1) is 5.60 Å². The van der Waals surface area contributed by atoms with Crippen LogP contribution in [0.25, 0.3) is 0 Å². The van der Waals surface area contributed by atoms with Crippen LogP contribution in [0.4, 0.5) is 0 Å². The third-order valence-electron chi connectivity index (χ3n) is 2.78. The van der Waals surface area contributed by atoms with Crippen molar-refractivity contribution in [1.82, 2.24) is 4.98 Å². The summed E-state index contributed by atoms with van der Waals surface area (Å²) in [6.07, 6.45) is 2.25. The molecule has 2 aromatic rings. The molecule has 0 fully saturated rings. The molecule has 1 atom stereocenters. The minimum Gasteiger partial charge on any atom is -0.385 e. The molecule has 94 valence electrons. The van der Waals surface area contributed by atoms with Crippen LogP contribution in [0.2, 0.25) is 0 Å². The number of benzene rings is 1. The highest BCUT2D eigenvalue weighted by atomic mass is 127. The van der Waals surface area contributed by atoms with Crippen LogP contribution in [0.3, 0.4) is 0 Å². The van der Waals surface area contributed by atoms with E-state index < -0.39 is 5.60 Å². The Morgan fingerprint density at radius 1 is 1.22 bits per heavy atom. The van der Waals surface area contributed by atoms with E-state index in [0.29, 0.717) is 6.42 Å². The Bertz CT molecular complexity index is 522. The van der Waals surface area contributed by atoms with Crippen LogP contribution < -0.4 is 0 Å². The Balaban J connectivity index is 2.20. The highest BCUT2D eigenvalue weighted by Crippen LogP contribution is 2.25. The summed E-state index contributed by atoms with van der Waals surface area (Å²) in [5, 5.41) is 10.5. The molecule has 0 saturated heterocycles. The summed E-state index contributed by atoms with van der Waals surface area (Å²) < 4.78 is 2.11. The Morgan fingerprint density at radius 2 is 1.89 bits per heavy atom. The Labute approximate surface area is 129 Å². The number of rotatable bonds is 3. The number of halogens is 2. The molecule has 18 heavy (non-hydrogen) atoms. The standard InChI is InChI=1S/C14H13BrINO/c1-14(18,10-2-5-12(16)6-3-10)8-13-7-4-11(15)9-17-13/h2-7,9,18H,8H2,1H3. The second-order valence-corrected chi connectivity index (χ2v) is 6.59. The first kappa shape index (κ1) is 14.0. The van der Waals surface area contributed by atoms with Gasteiger partial charge in [-0.15, -0.1) is 0 Å². The Kier molecular flexibility index (Phi) is 4.40. The molecule has 2 nitrogen and oxygen atoms in total. The fraction of sp³-hybridized carbons (Fsp3) is 0.214. The molecule has 2 rings (SSSR count). The predicted octanol–water partition coefficient (Wildman–Crippen LogP) is 3.90. The molecule has 0 amide bonds. The summed E-state index contributed by atoms with van der Waals surface area (Å²) in [6.45, 7) is 1.82. The molecule has 4 heteroatoms. The van der Waals surface area contributed by atoms with E-state index in [2.05, 4.69) is 43.5 Å². The van der Waals surface area contributed by atoms with E-state index in [0.717, 1.165) is 19.3 Å². The number of aromatic nitrogens is 1. The van der Waals surface area contributed by atoms with Crippen molar-refractivity contribution < 1.29 is 5.11 Å². The fourth-order valence-corrected chi connectivity index (χ4v) is 2.37. The van der Waals surface area contributed by atoms with Gasteiger partial charge in [-0.05, 0) is 75.3 Å². The van der Waals surface area contributed by atoms with Gasteiger partial charge in [0.2, 0.25) is 0 Å². The van der Waals surface area contributed by atoms with E-state index in [1.54, 1.807) is 6.20 Å². The SMILES string of the molecule is CC(O)(Cc1ccc(Br)cn1)c1ccc(I)cc1. The van der Waals surface area contributed by atoms with Crippen LogP contribution in [0.15, 0.2) is 47.1 Å². The fourth-order valence-electron chi connectivity index (χ4n) is 1.77. The van der Waals surface area contributed by atoms with E-state index in [4.69, 9.17) is 0 Å². The van der Waals surface area contributed by atoms with E-state index >= 15 is 0 Å². The Morgan fingerprint density at radius 3 is 2.44 bits per heavy atom. The van der Waals surface area contributed by atoms with Crippen molar-refractivity contribution in [2.24, 2.45) is 0 Å². The van der Waals surface area contributed by atoms with Crippen molar-refractivity contribution in [2.75, 3.05) is 0 Å². The third-order valence-corrected chi connectivity index (χ3v) is 3.97. The average Bonchev–Trinajstić information content (AvgIpc) is 2.32. The summed E-state index contributed by atoms with van der Waals surface area (Å²) in [5.41, 5.74) is 0.889. The van der Waals surface area contributed by atoms with Crippen molar-refractivity contribution in [1.29, 1.82) is 0 Å². The van der Waals surface area contributed by atoms with Gasteiger partial charge in [0, 0.05) is 26.4 Å². The van der Waals surface area contributed by atoms with Gasteiger partial charge >= 0.3 is 0 Å². The van der Waals surface area contributed by atoms with Crippen molar-refractivity contribution in [2.45, 2.75) is 18.9 Å². The second-order valence-electron chi connectivity index (χ2n) is 4.43. The normalized spacial score (nSPS) is 14.2. The first-order valence-corrected chi connectivity index (χ1v) is 7.43. The van der Waals surface area contributed by atoms with Crippen molar-refractivity contribution in [3.05, 3.63) is 61.9 Å². The summed E-state index contributed by atoms with van der Waals surface area (Å²) in [4.78, 5) is 4.30. The molecule has 0 spiro atoms. The lowest BCUT2D eigenvalue weighted by molar-refractivity contribution is 0.0566. The average molecular weight is 418 g/mol. The number of pyridine rings is 1. The van der Waals surface area contributed by atoms with Gasteiger partial charge in [-0.1, -0.05) is 12.1 Å². The molecule has 0 aliphatic heterocycles. The first-order chi connectivity index (χ1) is 8.47. The molecule has 1 N–H and O–H groups in total. The maximum Gasteiger partial charge on any atom is 0.0923 e. The van der Waals surface area contributed by atoms with Gasteiger partial charge in [0.1, 0.15) is 0 Å². The van der Waals surface area contributed by atoms with Crippen molar-refractivity contribution in [3.8, 4) is 0 Å². The molecule has 0 aliphatic rings. The highest BCUT2D eigenvalue weighted by Gasteiger charge is 2.23. The van der Waals surface area contributed by atoms with Crippen LogP contribution in [-0.4, -0.2) is 10.1 Å².